The molecule has 0 saturated carbocycles. The van der Waals surface area contributed by atoms with Crippen LogP contribution in [0.5, 0.6) is 0 Å². The van der Waals surface area contributed by atoms with E-state index in [1.165, 1.54) is 5.54 Å². The van der Waals surface area contributed by atoms with Crippen molar-refractivity contribution in [2.24, 2.45) is 0 Å². The standard InChI is InChI=1S/C8H16ClNO/c1-3-8(2,11)7-10-6-4-5-9/h4-5,10-11H,3,6-7H2,1-2H3/b5-4+. The molecule has 0 radical (unpaired) electrons. The molecule has 0 heterocycles. The second kappa shape index (κ2) is 5.58. The van der Waals surface area contributed by atoms with E-state index >= 15 is 0 Å². The molecule has 0 rings (SSSR count). The first kappa shape index (κ1) is 11.0. The number of hydrogen-bond donors (Lipinski definition) is 2. The van der Waals surface area contributed by atoms with Crippen LogP contribution in [0.3, 0.4) is 0 Å². The maximum Gasteiger partial charge on any atom is 0.0741 e. The first-order valence-corrected chi connectivity index (χ1v) is 4.24. The SMILES string of the molecule is CCC(C)(O)CNC/C=C/Cl. The number of aliphatic hydroxyl groups is 1. The molecule has 0 aliphatic rings. The summed E-state index contributed by atoms with van der Waals surface area (Å²) in [5.74, 6) is 0. The fourth-order valence-electron chi connectivity index (χ4n) is 0.594. The lowest BCUT2D eigenvalue weighted by molar-refractivity contribution is 0.0569. The summed E-state index contributed by atoms with van der Waals surface area (Å²) in [6.07, 6.45) is 2.55. The predicted molar refractivity (Wildman–Crippen MR) is 48.8 cm³/mol. The molecule has 66 valence electrons. The summed E-state index contributed by atoms with van der Waals surface area (Å²) in [5, 5.41) is 12.6. The van der Waals surface area contributed by atoms with Gasteiger partial charge in [-0.15, -0.1) is 0 Å². The Bertz CT molecular complexity index is 123. The van der Waals surface area contributed by atoms with E-state index in [0.717, 1.165) is 6.42 Å². The Labute approximate surface area is 73.3 Å². The van der Waals surface area contributed by atoms with Crippen molar-refractivity contribution in [2.45, 2.75) is 25.9 Å². The van der Waals surface area contributed by atoms with E-state index in [0.29, 0.717) is 13.1 Å². The largest absolute Gasteiger partial charge is 0.389 e. The van der Waals surface area contributed by atoms with Crippen LogP contribution in [0.2, 0.25) is 0 Å². The van der Waals surface area contributed by atoms with Gasteiger partial charge < -0.3 is 10.4 Å². The van der Waals surface area contributed by atoms with Crippen LogP contribution >= 0.6 is 11.6 Å². The summed E-state index contributed by atoms with van der Waals surface area (Å²) in [7, 11) is 0. The first-order valence-electron chi connectivity index (χ1n) is 3.80. The number of halogens is 1. The monoisotopic (exact) mass is 177 g/mol. The second-order valence-electron chi connectivity index (χ2n) is 2.84. The van der Waals surface area contributed by atoms with Gasteiger partial charge in [0.05, 0.1) is 5.60 Å². The van der Waals surface area contributed by atoms with Gasteiger partial charge in [-0.25, -0.2) is 0 Å². The summed E-state index contributed by atoms with van der Waals surface area (Å²) in [5.41, 5.74) is 0.869. The molecular formula is C8H16ClNO. The Morgan fingerprint density at radius 1 is 1.64 bits per heavy atom. The molecule has 2 nitrogen and oxygen atoms in total. The fourth-order valence-corrected chi connectivity index (χ4v) is 0.683. The number of rotatable bonds is 5. The molecular weight excluding hydrogens is 162 g/mol. The zero-order valence-corrected chi connectivity index (χ0v) is 7.86. The molecule has 1 unspecified atom stereocenters. The third-order valence-electron chi connectivity index (χ3n) is 1.62. The molecule has 0 aromatic carbocycles. The van der Waals surface area contributed by atoms with Crippen molar-refractivity contribution in [3.8, 4) is 0 Å². The van der Waals surface area contributed by atoms with Crippen molar-refractivity contribution < 1.29 is 5.11 Å². The molecule has 1 atom stereocenters. The van der Waals surface area contributed by atoms with Gasteiger partial charge in [0, 0.05) is 18.6 Å². The molecule has 0 amide bonds. The van der Waals surface area contributed by atoms with E-state index < -0.39 is 5.60 Å². The predicted octanol–water partition coefficient (Wildman–Crippen LogP) is 1.49. The minimum Gasteiger partial charge on any atom is -0.389 e. The van der Waals surface area contributed by atoms with Crippen LogP contribution in [-0.4, -0.2) is 23.8 Å². The van der Waals surface area contributed by atoms with Crippen molar-refractivity contribution >= 4 is 11.6 Å². The highest BCUT2D eigenvalue weighted by Crippen LogP contribution is 2.05. The molecule has 0 aromatic rings. The van der Waals surface area contributed by atoms with E-state index in [4.69, 9.17) is 11.6 Å². The topological polar surface area (TPSA) is 32.3 Å². The van der Waals surface area contributed by atoms with Gasteiger partial charge in [0.25, 0.3) is 0 Å². The van der Waals surface area contributed by atoms with Gasteiger partial charge in [0.2, 0.25) is 0 Å². The highest BCUT2D eigenvalue weighted by atomic mass is 35.5. The van der Waals surface area contributed by atoms with Crippen LogP contribution in [0.4, 0.5) is 0 Å². The van der Waals surface area contributed by atoms with Crippen molar-refractivity contribution in [2.75, 3.05) is 13.1 Å². The quantitative estimate of drug-likeness (QED) is 0.624. The average Bonchev–Trinajstić information content (AvgIpc) is 1.99. The summed E-state index contributed by atoms with van der Waals surface area (Å²) in [4.78, 5) is 0. The van der Waals surface area contributed by atoms with E-state index in [2.05, 4.69) is 5.32 Å². The molecule has 0 bridgehead atoms. The molecule has 0 fully saturated rings. The van der Waals surface area contributed by atoms with Crippen molar-refractivity contribution in [1.29, 1.82) is 0 Å². The minimum absolute atomic E-state index is 0.597. The fraction of sp³-hybridized carbons (Fsp3) is 0.750. The molecule has 0 spiro atoms. The molecule has 11 heavy (non-hydrogen) atoms. The normalized spacial score (nSPS) is 17.1. The number of nitrogens with one attached hydrogen (secondary N) is 1. The zero-order valence-electron chi connectivity index (χ0n) is 7.10. The smallest absolute Gasteiger partial charge is 0.0741 e. The van der Waals surface area contributed by atoms with Crippen molar-refractivity contribution in [1.82, 2.24) is 5.32 Å². The molecule has 0 aliphatic carbocycles. The average molecular weight is 178 g/mol. The van der Waals surface area contributed by atoms with Crippen molar-refractivity contribution in [3.63, 3.8) is 0 Å². The highest BCUT2D eigenvalue weighted by Gasteiger charge is 2.15. The summed E-state index contributed by atoms with van der Waals surface area (Å²) < 4.78 is 0. The lowest BCUT2D eigenvalue weighted by Gasteiger charge is -2.20. The van der Waals surface area contributed by atoms with Crippen LogP contribution < -0.4 is 5.32 Å². The van der Waals surface area contributed by atoms with E-state index in [-0.39, 0.29) is 0 Å². The zero-order chi connectivity index (χ0) is 8.74. The lowest BCUT2D eigenvalue weighted by Crippen LogP contribution is -2.37. The Hall–Kier alpha value is -0.0500. The third-order valence-corrected chi connectivity index (χ3v) is 1.80. The molecule has 2 N–H and O–H groups in total. The Morgan fingerprint density at radius 3 is 2.73 bits per heavy atom. The van der Waals surface area contributed by atoms with Gasteiger partial charge in [-0.05, 0) is 13.3 Å². The van der Waals surface area contributed by atoms with Crippen LogP contribution in [0.1, 0.15) is 20.3 Å². The molecule has 0 saturated heterocycles. The van der Waals surface area contributed by atoms with Crippen LogP contribution in [0.15, 0.2) is 11.6 Å². The summed E-state index contributed by atoms with van der Waals surface area (Å²) >= 11 is 5.30. The maximum absolute atomic E-state index is 9.50. The maximum atomic E-state index is 9.50. The van der Waals surface area contributed by atoms with Gasteiger partial charge in [-0.1, -0.05) is 24.6 Å². The van der Waals surface area contributed by atoms with Gasteiger partial charge in [-0.2, -0.15) is 0 Å². The highest BCUT2D eigenvalue weighted by molar-refractivity contribution is 6.25. The van der Waals surface area contributed by atoms with Crippen LogP contribution in [0.25, 0.3) is 0 Å². The first-order chi connectivity index (χ1) is 5.12. The molecule has 3 heteroatoms. The Kier molecular flexibility index (Phi) is 5.56. The summed E-state index contributed by atoms with van der Waals surface area (Å²) in [6.45, 7) is 5.08. The minimum atomic E-state index is -0.597. The molecule has 0 aliphatic heterocycles. The lowest BCUT2D eigenvalue weighted by atomic mass is 10.0. The Morgan fingerprint density at radius 2 is 2.27 bits per heavy atom. The van der Waals surface area contributed by atoms with Gasteiger partial charge >= 0.3 is 0 Å². The van der Waals surface area contributed by atoms with Gasteiger partial charge in [0.15, 0.2) is 0 Å². The third kappa shape index (κ3) is 6.35. The second-order valence-corrected chi connectivity index (χ2v) is 3.10. The molecule has 0 aromatic heterocycles. The van der Waals surface area contributed by atoms with Crippen molar-refractivity contribution in [3.05, 3.63) is 11.6 Å². The summed E-state index contributed by atoms with van der Waals surface area (Å²) in [6, 6.07) is 0. The van der Waals surface area contributed by atoms with Gasteiger partial charge in [-0.3, -0.25) is 0 Å². The van der Waals surface area contributed by atoms with E-state index in [1.54, 1.807) is 6.08 Å². The van der Waals surface area contributed by atoms with E-state index in [1.807, 2.05) is 13.8 Å². The van der Waals surface area contributed by atoms with Crippen LogP contribution in [0, 0.1) is 0 Å². The number of hydrogen-bond acceptors (Lipinski definition) is 2. The van der Waals surface area contributed by atoms with E-state index in [9.17, 15) is 5.11 Å². The van der Waals surface area contributed by atoms with Crippen LogP contribution in [-0.2, 0) is 0 Å². The Balaban J connectivity index is 3.37. The van der Waals surface area contributed by atoms with Gasteiger partial charge in [0.1, 0.15) is 0 Å².